The van der Waals surface area contributed by atoms with Crippen molar-refractivity contribution in [3.05, 3.63) is 94.4 Å². The molecule has 0 spiro atoms. The van der Waals surface area contributed by atoms with Crippen molar-refractivity contribution in [2.75, 3.05) is 4.90 Å². The van der Waals surface area contributed by atoms with E-state index in [4.69, 9.17) is 0 Å². The third-order valence-corrected chi connectivity index (χ3v) is 4.99. The van der Waals surface area contributed by atoms with E-state index in [1.807, 2.05) is 0 Å². The predicted molar refractivity (Wildman–Crippen MR) is 107 cm³/mol. The number of amides is 1. The van der Waals surface area contributed by atoms with Crippen LogP contribution in [0.1, 0.15) is 17.2 Å². The third-order valence-electron chi connectivity index (χ3n) is 4.46. The van der Waals surface area contributed by atoms with Crippen LogP contribution in [-0.2, 0) is 9.59 Å². The first-order valence-corrected chi connectivity index (χ1v) is 9.25. The van der Waals surface area contributed by atoms with Gasteiger partial charge in [0.05, 0.1) is 11.6 Å². The van der Waals surface area contributed by atoms with Crippen LogP contribution < -0.4 is 4.90 Å². The summed E-state index contributed by atoms with van der Waals surface area (Å²) in [6, 6.07) is 14.6. The Morgan fingerprint density at radius 1 is 1.00 bits per heavy atom. The van der Waals surface area contributed by atoms with Crippen molar-refractivity contribution < 1.29 is 14.7 Å². The summed E-state index contributed by atoms with van der Waals surface area (Å²) in [4.78, 5) is 35.4. The molecule has 1 N–H and O–H groups in total. The Bertz CT molecular complexity index is 1070. The molecule has 0 bridgehead atoms. The minimum Gasteiger partial charge on any atom is -0.507 e. The average Bonchev–Trinajstić information content (AvgIpc) is 3.00. The van der Waals surface area contributed by atoms with Crippen molar-refractivity contribution >= 4 is 39.2 Å². The number of hydrogen-bond donors (Lipinski definition) is 1. The summed E-state index contributed by atoms with van der Waals surface area (Å²) in [6.45, 7) is 0. The Morgan fingerprint density at radius 2 is 1.79 bits per heavy atom. The highest BCUT2D eigenvalue weighted by Crippen LogP contribution is 2.41. The van der Waals surface area contributed by atoms with Gasteiger partial charge in [-0.3, -0.25) is 19.5 Å². The zero-order chi connectivity index (χ0) is 19.7. The van der Waals surface area contributed by atoms with Gasteiger partial charge in [0.2, 0.25) is 0 Å². The number of ketones is 1. The normalized spacial score (nSPS) is 18.5. The van der Waals surface area contributed by atoms with Gasteiger partial charge in [0.15, 0.2) is 0 Å². The van der Waals surface area contributed by atoms with E-state index < -0.39 is 17.7 Å². The highest BCUT2D eigenvalue weighted by molar-refractivity contribution is 9.10. The molecule has 4 rings (SSSR count). The molecule has 1 amide bonds. The van der Waals surface area contributed by atoms with Crippen LogP contribution in [0.2, 0.25) is 0 Å². The zero-order valence-electron chi connectivity index (χ0n) is 14.5. The zero-order valence-corrected chi connectivity index (χ0v) is 16.1. The number of aromatic nitrogens is 2. The molecular weight excluding hydrogens is 422 g/mol. The number of rotatable bonds is 3. The lowest BCUT2D eigenvalue weighted by molar-refractivity contribution is -0.132. The Morgan fingerprint density at radius 3 is 2.43 bits per heavy atom. The van der Waals surface area contributed by atoms with Gasteiger partial charge < -0.3 is 5.11 Å². The first kappa shape index (κ1) is 18.1. The second-order valence-electron chi connectivity index (χ2n) is 6.15. The highest BCUT2D eigenvalue weighted by atomic mass is 79.9. The van der Waals surface area contributed by atoms with Gasteiger partial charge in [-0.15, -0.1) is 0 Å². The topological polar surface area (TPSA) is 83.4 Å². The molecule has 1 aliphatic heterocycles. The summed E-state index contributed by atoms with van der Waals surface area (Å²) in [7, 11) is 0. The van der Waals surface area contributed by atoms with Gasteiger partial charge >= 0.3 is 5.91 Å². The number of pyridine rings is 2. The molecule has 1 aliphatic rings. The summed E-state index contributed by atoms with van der Waals surface area (Å²) in [5.41, 5.74) is 1.05. The van der Waals surface area contributed by atoms with Crippen molar-refractivity contribution in [1.82, 2.24) is 9.97 Å². The summed E-state index contributed by atoms with van der Waals surface area (Å²) < 4.78 is 0.835. The van der Waals surface area contributed by atoms with Crippen molar-refractivity contribution in [3.8, 4) is 0 Å². The molecule has 3 heterocycles. The van der Waals surface area contributed by atoms with E-state index in [0.717, 1.165) is 4.47 Å². The van der Waals surface area contributed by atoms with Crippen molar-refractivity contribution in [2.45, 2.75) is 6.04 Å². The maximum Gasteiger partial charge on any atom is 0.301 e. The second-order valence-corrected chi connectivity index (χ2v) is 7.07. The van der Waals surface area contributed by atoms with Crippen molar-refractivity contribution in [3.63, 3.8) is 0 Å². The molecule has 6 nitrogen and oxygen atoms in total. The Balaban J connectivity index is 1.94. The van der Waals surface area contributed by atoms with Gasteiger partial charge in [0.1, 0.15) is 11.6 Å². The van der Waals surface area contributed by atoms with Crippen LogP contribution in [0, 0.1) is 0 Å². The Labute approximate surface area is 169 Å². The second kappa shape index (κ2) is 7.36. The monoisotopic (exact) mass is 435 g/mol. The molecular formula is C21H14BrN3O3. The van der Waals surface area contributed by atoms with Gasteiger partial charge in [-0.1, -0.05) is 40.2 Å². The molecule has 1 atom stereocenters. The van der Waals surface area contributed by atoms with Crippen LogP contribution in [0.4, 0.5) is 5.82 Å². The van der Waals surface area contributed by atoms with E-state index in [9.17, 15) is 14.7 Å². The molecule has 0 unspecified atom stereocenters. The SMILES string of the molecule is O=C1C(=O)N(c2ccccn2)[C@@H](c2cccnc2)/C1=C(\O)c1ccc(Br)cc1. The van der Waals surface area contributed by atoms with Gasteiger partial charge in [0, 0.05) is 28.6 Å². The number of Topliss-reactive ketones (excluding diaryl/α,β-unsaturated/α-hetero) is 1. The summed E-state index contributed by atoms with van der Waals surface area (Å²) in [5, 5.41) is 10.9. The lowest BCUT2D eigenvalue weighted by atomic mass is 9.96. The molecule has 0 saturated carbocycles. The van der Waals surface area contributed by atoms with Gasteiger partial charge in [-0.05, 0) is 35.9 Å². The predicted octanol–water partition coefficient (Wildman–Crippen LogP) is 3.87. The number of carbonyl (C=O) groups is 2. The number of carbonyl (C=O) groups excluding carboxylic acids is 2. The minimum atomic E-state index is -0.827. The Hall–Kier alpha value is -3.32. The Kier molecular flexibility index (Phi) is 4.75. The third kappa shape index (κ3) is 3.10. The largest absolute Gasteiger partial charge is 0.507 e. The van der Waals surface area contributed by atoms with Crippen LogP contribution in [0.25, 0.3) is 5.76 Å². The fraction of sp³-hybridized carbons (Fsp3) is 0.0476. The molecule has 7 heteroatoms. The molecule has 3 aromatic rings. The molecule has 2 aromatic heterocycles. The van der Waals surface area contributed by atoms with Gasteiger partial charge in [0.25, 0.3) is 5.78 Å². The first-order valence-electron chi connectivity index (χ1n) is 8.46. The van der Waals surface area contributed by atoms with Gasteiger partial charge in [-0.25, -0.2) is 4.98 Å². The van der Waals surface area contributed by atoms with E-state index in [0.29, 0.717) is 16.9 Å². The minimum absolute atomic E-state index is 0.00553. The average molecular weight is 436 g/mol. The van der Waals surface area contributed by atoms with Gasteiger partial charge in [-0.2, -0.15) is 0 Å². The number of aliphatic hydroxyl groups excluding tert-OH is 1. The lowest BCUT2D eigenvalue weighted by Crippen LogP contribution is -2.30. The van der Waals surface area contributed by atoms with Crippen LogP contribution in [0.15, 0.2) is 83.2 Å². The molecule has 0 aliphatic carbocycles. The maximum absolute atomic E-state index is 12.9. The van der Waals surface area contributed by atoms with Crippen LogP contribution in [0.5, 0.6) is 0 Å². The number of benzene rings is 1. The van der Waals surface area contributed by atoms with Crippen LogP contribution >= 0.6 is 15.9 Å². The summed E-state index contributed by atoms with van der Waals surface area (Å²) in [6.07, 6.45) is 4.72. The molecule has 1 fully saturated rings. The molecule has 138 valence electrons. The molecule has 1 aromatic carbocycles. The highest BCUT2D eigenvalue weighted by Gasteiger charge is 2.47. The number of hydrogen-bond acceptors (Lipinski definition) is 5. The smallest absolute Gasteiger partial charge is 0.301 e. The van der Waals surface area contributed by atoms with E-state index in [1.54, 1.807) is 73.2 Å². The number of nitrogens with zero attached hydrogens (tertiary/aromatic N) is 3. The van der Waals surface area contributed by atoms with Crippen LogP contribution in [0.3, 0.4) is 0 Å². The van der Waals surface area contributed by atoms with E-state index in [2.05, 4.69) is 25.9 Å². The number of halogens is 1. The van der Waals surface area contributed by atoms with E-state index in [1.165, 1.54) is 4.90 Å². The standard InChI is InChI=1S/C21H14BrN3O3/c22-15-8-6-13(7-9-15)19(26)17-18(14-4-3-10-23-12-14)25(21(28)20(17)27)16-5-1-2-11-24-16/h1-12,18,26H/b19-17+/t18-/m0/s1. The molecule has 28 heavy (non-hydrogen) atoms. The summed E-state index contributed by atoms with van der Waals surface area (Å²) >= 11 is 3.34. The van der Waals surface area contributed by atoms with Crippen molar-refractivity contribution in [2.24, 2.45) is 0 Å². The fourth-order valence-corrected chi connectivity index (χ4v) is 3.45. The molecule has 0 radical (unpaired) electrons. The van der Waals surface area contributed by atoms with Crippen molar-refractivity contribution in [1.29, 1.82) is 0 Å². The number of aliphatic hydroxyl groups is 1. The molecule has 1 saturated heterocycles. The summed E-state index contributed by atoms with van der Waals surface area (Å²) in [5.74, 6) is -1.42. The quantitative estimate of drug-likeness (QED) is 0.383. The number of anilines is 1. The lowest BCUT2D eigenvalue weighted by Gasteiger charge is -2.24. The maximum atomic E-state index is 12.9. The van der Waals surface area contributed by atoms with E-state index >= 15 is 0 Å². The van der Waals surface area contributed by atoms with E-state index in [-0.39, 0.29) is 11.3 Å². The fourth-order valence-electron chi connectivity index (χ4n) is 3.18. The first-order chi connectivity index (χ1) is 13.6. The van der Waals surface area contributed by atoms with Crippen LogP contribution in [-0.4, -0.2) is 26.8 Å².